The molecule has 5 nitrogen and oxygen atoms in total. The lowest BCUT2D eigenvalue weighted by atomic mass is 9.91. The Balaban J connectivity index is 2.20. The van der Waals surface area contributed by atoms with E-state index in [1.54, 1.807) is 7.05 Å². The normalized spacial score (nSPS) is 14.2. The summed E-state index contributed by atoms with van der Waals surface area (Å²) < 4.78 is 1.47. The minimum atomic E-state index is -0.325. The Morgan fingerprint density at radius 3 is 2.56 bits per heavy atom. The average Bonchev–Trinajstić information content (AvgIpc) is 2.83. The number of aryl methyl sites for hydroxylation is 1. The zero-order chi connectivity index (χ0) is 13.1. The Kier molecular flexibility index (Phi) is 3.53. The number of Topliss-reactive ketones (excluding diaryl/α,β-unsaturated/α-hetero) is 1. The highest BCUT2D eigenvalue weighted by Gasteiger charge is 2.25. The number of rotatable bonds is 4. The van der Waals surface area contributed by atoms with Gasteiger partial charge in [0.15, 0.2) is 5.78 Å². The van der Waals surface area contributed by atoms with Crippen LogP contribution in [0, 0.1) is 5.92 Å². The maximum Gasteiger partial charge on any atom is 0.187 e. The van der Waals surface area contributed by atoms with Crippen molar-refractivity contribution < 1.29 is 4.79 Å². The van der Waals surface area contributed by atoms with Crippen LogP contribution < -0.4 is 5.73 Å². The van der Waals surface area contributed by atoms with Gasteiger partial charge in [-0.1, -0.05) is 42.5 Å². The van der Waals surface area contributed by atoms with E-state index in [0.29, 0.717) is 5.69 Å². The molecule has 18 heavy (non-hydrogen) atoms. The second kappa shape index (κ2) is 5.10. The van der Waals surface area contributed by atoms with E-state index in [9.17, 15) is 4.79 Å². The van der Waals surface area contributed by atoms with Gasteiger partial charge in [-0.3, -0.25) is 4.79 Å². The maximum atomic E-state index is 12.3. The van der Waals surface area contributed by atoms with E-state index in [1.165, 1.54) is 10.9 Å². The molecule has 0 aliphatic heterocycles. The fourth-order valence-corrected chi connectivity index (χ4v) is 1.87. The summed E-state index contributed by atoms with van der Waals surface area (Å²) in [6, 6.07) is 9.28. The number of aromatic nitrogens is 3. The van der Waals surface area contributed by atoms with Gasteiger partial charge in [0.05, 0.1) is 6.20 Å². The van der Waals surface area contributed by atoms with Crippen molar-refractivity contribution in [2.24, 2.45) is 18.7 Å². The fraction of sp³-hybridized carbons (Fsp3) is 0.308. The summed E-state index contributed by atoms with van der Waals surface area (Å²) in [4.78, 5) is 12.3. The average molecular weight is 244 g/mol. The van der Waals surface area contributed by atoms with E-state index in [0.717, 1.165) is 5.56 Å². The van der Waals surface area contributed by atoms with Gasteiger partial charge in [-0.05, 0) is 5.56 Å². The van der Waals surface area contributed by atoms with Gasteiger partial charge in [0.2, 0.25) is 0 Å². The van der Waals surface area contributed by atoms with Crippen molar-refractivity contribution >= 4 is 5.78 Å². The molecule has 0 saturated carbocycles. The van der Waals surface area contributed by atoms with Crippen LogP contribution in [0.3, 0.4) is 0 Å². The SMILES string of the molecule is CC(C(=O)c1cnnn1C)C(N)c1ccccc1. The van der Waals surface area contributed by atoms with Gasteiger partial charge in [-0.15, -0.1) is 5.10 Å². The van der Waals surface area contributed by atoms with Crippen molar-refractivity contribution in [3.63, 3.8) is 0 Å². The molecule has 1 heterocycles. The highest BCUT2D eigenvalue weighted by atomic mass is 16.1. The zero-order valence-corrected chi connectivity index (χ0v) is 10.4. The molecule has 0 amide bonds. The molecule has 0 radical (unpaired) electrons. The number of carbonyl (C=O) groups is 1. The van der Waals surface area contributed by atoms with Crippen LogP contribution in [0.5, 0.6) is 0 Å². The first-order chi connectivity index (χ1) is 8.61. The van der Waals surface area contributed by atoms with Crippen LogP contribution >= 0.6 is 0 Å². The first-order valence-electron chi connectivity index (χ1n) is 5.80. The second-order valence-corrected chi connectivity index (χ2v) is 4.33. The predicted molar refractivity (Wildman–Crippen MR) is 67.9 cm³/mol. The van der Waals surface area contributed by atoms with E-state index in [-0.39, 0.29) is 17.7 Å². The highest BCUT2D eigenvalue weighted by molar-refractivity contribution is 5.96. The van der Waals surface area contributed by atoms with E-state index in [2.05, 4.69) is 10.3 Å². The molecule has 0 spiro atoms. The van der Waals surface area contributed by atoms with Gasteiger partial charge in [-0.25, -0.2) is 4.68 Å². The van der Waals surface area contributed by atoms with Gasteiger partial charge >= 0.3 is 0 Å². The summed E-state index contributed by atoms with van der Waals surface area (Å²) in [7, 11) is 1.70. The number of benzene rings is 1. The van der Waals surface area contributed by atoms with Crippen molar-refractivity contribution in [3.05, 3.63) is 47.8 Å². The molecule has 2 rings (SSSR count). The molecule has 2 N–H and O–H groups in total. The van der Waals surface area contributed by atoms with E-state index >= 15 is 0 Å². The molecule has 94 valence electrons. The summed E-state index contributed by atoms with van der Waals surface area (Å²) in [5, 5.41) is 7.47. The smallest absolute Gasteiger partial charge is 0.187 e. The molecule has 5 heteroatoms. The van der Waals surface area contributed by atoms with Crippen molar-refractivity contribution in [2.45, 2.75) is 13.0 Å². The molecule has 0 fully saturated rings. The van der Waals surface area contributed by atoms with Crippen molar-refractivity contribution in [2.75, 3.05) is 0 Å². The molecule has 1 aromatic heterocycles. The monoisotopic (exact) mass is 244 g/mol. The van der Waals surface area contributed by atoms with E-state index < -0.39 is 0 Å². The van der Waals surface area contributed by atoms with Gasteiger partial charge in [0.1, 0.15) is 5.69 Å². The first-order valence-corrected chi connectivity index (χ1v) is 5.80. The van der Waals surface area contributed by atoms with Crippen LogP contribution in [-0.4, -0.2) is 20.8 Å². The van der Waals surface area contributed by atoms with Crippen molar-refractivity contribution in [1.82, 2.24) is 15.0 Å². The fourth-order valence-electron chi connectivity index (χ4n) is 1.87. The Hall–Kier alpha value is -2.01. The Morgan fingerprint density at radius 1 is 1.33 bits per heavy atom. The predicted octanol–water partition coefficient (Wildman–Crippen LogP) is 1.33. The molecular formula is C13H16N4O. The third-order valence-corrected chi connectivity index (χ3v) is 3.10. The van der Waals surface area contributed by atoms with Gasteiger partial charge in [-0.2, -0.15) is 0 Å². The van der Waals surface area contributed by atoms with Gasteiger partial charge in [0.25, 0.3) is 0 Å². The molecule has 0 aliphatic carbocycles. The van der Waals surface area contributed by atoms with Gasteiger partial charge < -0.3 is 5.73 Å². The zero-order valence-electron chi connectivity index (χ0n) is 10.4. The minimum Gasteiger partial charge on any atom is -0.323 e. The Morgan fingerprint density at radius 2 is 2.00 bits per heavy atom. The lowest BCUT2D eigenvalue weighted by Crippen LogP contribution is -2.27. The number of hydrogen-bond acceptors (Lipinski definition) is 4. The second-order valence-electron chi connectivity index (χ2n) is 4.33. The minimum absolute atomic E-state index is 0.0427. The lowest BCUT2D eigenvalue weighted by molar-refractivity contribution is 0.0903. The molecule has 2 atom stereocenters. The number of nitrogens with zero attached hydrogens (tertiary/aromatic N) is 3. The summed E-state index contributed by atoms with van der Waals surface area (Å²) >= 11 is 0. The van der Waals surface area contributed by atoms with Crippen molar-refractivity contribution in [3.8, 4) is 0 Å². The summed E-state index contributed by atoms with van der Waals surface area (Å²) in [5.74, 6) is -0.358. The van der Waals surface area contributed by atoms with Crippen molar-refractivity contribution in [1.29, 1.82) is 0 Å². The first kappa shape index (κ1) is 12.4. The molecule has 0 bridgehead atoms. The summed E-state index contributed by atoms with van der Waals surface area (Å²) in [6.45, 7) is 1.83. The molecule has 2 aromatic rings. The van der Waals surface area contributed by atoms with Crippen LogP contribution in [0.2, 0.25) is 0 Å². The Bertz CT molecular complexity index is 535. The standard InChI is InChI=1S/C13H16N4O/c1-9(12(14)10-6-4-3-5-7-10)13(18)11-8-15-16-17(11)2/h3-9,12H,14H2,1-2H3. The van der Waals surface area contributed by atoms with E-state index in [4.69, 9.17) is 5.73 Å². The topological polar surface area (TPSA) is 73.8 Å². The summed E-state index contributed by atoms with van der Waals surface area (Å²) in [6.07, 6.45) is 1.47. The van der Waals surface area contributed by atoms with Crippen LogP contribution in [0.1, 0.15) is 29.0 Å². The largest absolute Gasteiger partial charge is 0.323 e. The number of ketones is 1. The third-order valence-electron chi connectivity index (χ3n) is 3.10. The summed E-state index contributed by atoms with van der Waals surface area (Å²) in [5.41, 5.74) is 7.56. The van der Waals surface area contributed by atoms with Gasteiger partial charge in [0, 0.05) is 19.0 Å². The molecule has 1 aromatic carbocycles. The van der Waals surface area contributed by atoms with E-state index in [1.807, 2.05) is 37.3 Å². The van der Waals surface area contributed by atoms with Crippen LogP contribution in [-0.2, 0) is 7.05 Å². The van der Waals surface area contributed by atoms with Crippen LogP contribution in [0.25, 0.3) is 0 Å². The quantitative estimate of drug-likeness (QED) is 0.823. The number of carbonyl (C=O) groups excluding carboxylic acids is 1. The maximum absolute atomic E-state index is 12.3. The third kappa shape index (κ3) is 2.31. The molecule has 2 unspecified atom stereocenters. The van der Waals surface area contributed by atoms with Crippen LogP contribution in [0.15, 0.2) is 36.5 Å². The highest BCUT2D eigenvalue weighted by Crippen LogP contribution is 2.22. The molecule has 0 saturated heterocycles. The number of nitrogens with two attached hydrogens (primary N) is 1. The van der Waals surface area contributed by atoms with Crippen LogP contribution in [0.4, 0.5) is 0 Å². The molecular weight excluding hydrogens is 228 g/mol. The lowest BCUT2D eigenvalue weighted by Gasteiger charge is -2.18. The Labute approximate surface area is 106 Å². The number of hydrogen-bond donors (Lipinski definition) is 1. The molecule has 0 aliphatic rings.